The Morgan fingerprint density at radius 2 is 2.06 bits per heavy atom. The van der Waals surface area contributed by atoms with E-state index in [1.165, 1.54) is 5.56 Å². The van der Waals surface area contributed by atoms with E-state index >= 15 is 0 Å². The number of nitrogens with two attached hydrogens (primary N) is 1. The quantitative estimate of drug-likeness (QED) is 0.861. The number of hydrogen-bond donors (Lipinski definition) is 1. The van der Waals surface area contributed by atoms with E-state index in [0.717, 1.165) is 24.9 Å². The molecule has 3 nitrogen and oxygen atoms in total. The van der Waals surface area contributed by atoms with Crippen LogP contribution in [0, 0.1) is 0 Å². The van der Waals surface area contributed by atoms with Gasteiger partial charge in [-0.05, 0) is 24.0 Å². The Bertz CT molecular complexity index is 386. The zero-order valence-corrected chi connectivity index (χ0v) is 10.4. The smallest absolute Gasteiger partial charge is 0.222 e. The molecule has 0 bridgehead atoms. The molecule has 0 radical (unpaired) electrons. The summed E-state index contributed by atoms with van der Waals surface area (Å²) in [4.78, 5) is 13.4. The predicted molar refractivity (Wildman–Crippen MR) is 68.6 cm³/mol. The molecule has 1 aliphatic heterocycles. The van der Waals surface area contributed by atoms with Crippen LogP contribution in [0.15, 0.2) is 24.3 Å². The van der Waals surface area contributed by atoms with Crippen molar-refractivity contribution in [1.82, 2.24) is 4.90 Å². The molecule has 1 aromatic carbocycles. The first kappa shape index (κ1) is 12.1. The molecule has 1 amide bonds. The van der Waals surface area contributed by atoms with Crippen molar-refractivity contribution in [2.45, 2.75) is 32.2 Å². The number of carbonyl (C=O) groups excluding carboxylic acids is 1. The number of hydrogen-bond acceptors (Lipinski definition) is 2. The summed E-state index contributed by atoms with van der Waals surface area (Å²) < 4.78 is 0. The van der Waals surface area contributed by atoms with Crippen LogP contribution in [0.4, 0.5) is 0 Å². The van der Waals surface area contributed by atoms with E-state index in [9.17, 15) is 4.79 Å². The second-order valence-corrected chi connectivity index (χ2v) is 4.64. The average Bonchev–Trinajstić information content (AvgIpc) is 2.75. The van der Waals surface area contributed by atoms with Gasteiger partial charge in [0.1, 0.15) is 0 Å². The molecular formula is C14H20N2O. The summed E-state index contributed by atoms with van der Waals surface area (Å²) in [7, 11) is 0. The number of amides is 1. The lowest BCUT2D eigenvalue weighted by Gasteiger charge is -2.21. The topological polar surface area (TPSA) is 46.3 Å². The van der Waals surface area contributed by atoms with E-state index < -0.39 is 0 Å². The van der Waals surface area contributed by atoms with Gasteiger partial charge < -0.3 is 10.6 Å². The number of rotatable bonds is 4. The van der Waals surface area contributed by atoms with Gasteiger partial charge in [-0.15, -0.1) is 0 Å². The summed E-state index contributed by atoms with van der Waals surface area (Å²) in [6.45, 7) is 3.64. The minimum Gasteiger partial charge on any atom is -0.341 e. The Morgan fingerprint density at radius 1 is 1.35 bits per heavy atom. The van der Waals surface area contributed by atoms with Crippen molar-refractivity contribution in [3.8, 4) is 0 Å². The van der Waals surface area contributed by atoms with Crippen LogP contribution in [0.2, 0.25) is 0 Å². The van der Waals surface area contributed by atoms with Crippen molar-refractivity contribution in [1.29, 1.82) is 0 Å². The largest absolute Gasteiger partial charge is 0.341 e. The lowest BCUT2D eigenvalue weighted by atomic mass is 10.0. The van der Waals surface area contributed by atoms with E-state index in [1.807, 2.05) is 4.90 Å². The van der Waals surface area contributed by atoms with Crippen LogP contribution >= 0.6 is 0 Å². The molecule has 0 saturated carbocycles. The molecule has 2 rings (SSSR count). The highest BCUT2D eigenvalue weighted by Crippen LogP contribution is 2.17. The Labute approximate surface area is 103 Å². The first-order valence-corrected chi connectivity index (χ1v) is 6.33. The number of likely N-dealkylation sites (tertiary alicyclic amines) is 1. The zero-order valence-electron chi connectivity index (χ0n) is 10.4. The molecule has 92 valence electrons. The summed E-state index contributed by atoms with van der Waals surface area (Å²) in [5.74, 6) is 0.241. The van der Waals surface area contributed by atoms with E-state index in [4.69, 9.17) is 5.73 Å². The molecule has 0 aromatic heterocycles. The SMILES string of the molecule is CCc1ccc(C(N)CN2CCCC2=O)cc1. The first-order chi connectivity index (χ1) is 8.20. The molecule has 0 aliphatic carbocycles. The summed E-state index contributed by atoms with van der Waals surface area (Å²) in [6.07, 6.45) is 2.70. The van der Waals surface area contributed by atoms with Crippen LogP contribution in [-0.2, 0) is 11.2 Å². The van der Waals surface area contributed by atoms with E-state index in [-0.39, 0.29) is 11.9 Å². The van der Waals surface area contributed by atoms with Crippen molar-refractivity contribution >= 4 is 5.91 Å². The molecule has 1 saturated heterocycles. The van der Waals surface area contributed by atoms with Gasteiger partial charge in [-0.25, -0.2) is 0 Å². The third-order valence-electron chi connectivity index (χ3n) is 3.40. The molecule has 1 aliphatic rings. The fraction of sp³-hybridized carbons (Fsp3) is 0.500. The summed E-state index contributed by atoms with van der Waals surface area (Å²) in [6, 6.07) is 8.30. The fourth-order valence-electron chi connectivity index (χ4n) is 2.24. The van der Waals surface area contributed by atoms with Crippen molar-refractivity contribution in [3.63, 3.8) is 0 Å². The maximum absolute atomic E-state index is 11.5. The second kappa shape index (κ2) is 5.32. The first-order valence-electron chi connectivity index (χ1n) is 6.33. The van der Waals surface area contributed by atoms with Gasteiger partial charge in [-0.1, -0.05) is 31.2 Å². The molecule has 0 spiro atoms. The van der Waals surface area contributed by atoms with Crippen molar-refractivity contribution in [2.75, 3.05) is 13.1 Å². The molecule has 17 heavy (non-hydrogen) atoms. The van der Waals surface area contributed by atoms with Crippen LogP contribution in [-0.4, -0.2) is 23.9 Å². The second-order valence-electron chi connectivity index (χ2n) is 4.64. The van der Waals surface area contributed by atoms with Crippen molar-refractivity contribution in [3.05, 3.63) is 35.4 Å². The van der Waals surface area contributed by atoms with E-state index in [1.54, 1.807) is 0 Å². The molecule has 3 heteroatoms. The van der Waals surface area contributed by atoms with Gasteiger partial charge in [-0.3, -0.25) is 4.79 Å². The van der Waals surface area contributed by atoms with Gasteiger partial charge in [-0.2, -0.15) is 0 Å². The third-order valence-corrected chi connectivity index (χ3v) is 3.40. The average molecular weight is 232 g/mol. The molecule has 2 N–H and O–H groups in total. The van der Waals surface area contributed by atoms with Gasteiger partial charge >= 0.3 is 0 Å². The predicted octanol–water partition coefficient (Wildman–Crippen LogP) is 1.87. The van der Waals surface area contributed by atoms with Crippen molar-refractivity contribution in [2.24, 2.45) is 5.73 Å². The van der Waals surface area contributed by atoms with Crippen LogP contribution in [0.3, 0.4) is 0 Å². The third kappa shape index (κ3) is 2.86. The van der Waals surface area contributed by atoms with Crippen LogP contribution in [0.1, 0.15) is 36.9 Å². The Balaban J connectivity index is 1.98. The van der Waals surface area contributed by atoms with Gasteiger partial charge in [0, 0.05) is 25.6 Å². The Morgan fingerprint density at radius 3 is 2.59 bits per heavy atom. The van der Waals surface area contributed by atoms with Gasteiger partial charge in [0.2, 0.25) is 5.91 Å². The molecule has 1 fully saturated rings. The Kier molecular flexibility index (Phi) is 3.79. The molecule has 1 unspecified atom stereocenters. The number of benzene rings is 1. The molecule has 1 aromatic rings. The number of carbonyl (C=O) groups is 1. The molecular weight excluding hydrogens is 212 g/mol. The number of aryl methyl sites for hydroxylation is 1. The Hall–Kier alpha value is -1.35. The van der Waals surface area contributed by atoms with E-state index in [2.05, 4.69) is 31.2 Å². The van der Waals surface area contributed by atoms with Gasteiger partial charge in [0.05, 0.1) is 0 Å². The molecule has 1 heterocycles. The lowest BCUT2D eigenvalue weighted by Crippen LogP contribution is -2.33. The minimum atomic E-state index is -0.0667. The highest BCUT2D eigenvalue weighted by Gasteiger charge is 2.22. The zero-order chi connectivity index (χ0) is 12.3. The highest BCUT2D eigenvalue weighted by molar-refractivity contribution is 5.78. The molecule has 1 atom stereocenters. The van der Waals surface area contributed by atoms with Crippen LogP contribution in [0.25, 0.3) is 0 Å². The maximum atomic E-state index is 11.5. The normalized spacial score (nSPS) is 17.5. The van der Waals surface area contributed by atoms with E-state index in [0.29, 0.717) is 13.0 Å². The summed E-state index contributed by atoms with van der Waals surface area (Å²) in [5, 5.41) is 0. The maximum Gasteiger partial charge on any atom is 0.222 e. The summed E-state index contributed by atoms with van der Waals surface area (Å²) in [5.41, 5.74) is 8.57. The highest BCUT2D eigenvalue weighted by atomic mass is 16.2. The lowest BCUT2D eigenvalue weighted by molar-refractivity contribution is -0.127. The monoisotopic (exact) mass is 232 g/mol. The number of nitrogens with zero attached hydrogens (tertiary/aromatic N) is 1. The minimum absolute atomic E-state index is 0.0667. The standard InChI is InChI=1S/C14H20N2O/c1-2-11-5-7-12(8-6-11)13(15)10-16-9-3-4-14(16)17/h5-8,13H,2-4,9-10,15H2,1H3. The fourth-order valence-corrected chi connectivity index (χ4v) is 2.24. The van der Waals surface area contributed by atoms with Crippen LogP contribution < -0.4 is 5.73 Å². The van der Waals surface area contributed by atoms with Crippen molar-refractivity contribution < 1.29 is 4.79 Å². The van der Waals surface area contributed by atoms with Crippen LogP contribution in [0.5, 0.6) is 0 Å². The van der Waals surface area contributed by atoms with Gasteiger partial charge in [0.25, 0.3) is 0 Å². The summed E-state index contributed by atoms with van der Waals surface area (Å²) >= 11 is 0. The van der Waals surface area contributed by atoms with Gasteiger partial charge in [0.15, 0.2) is 0 Å².